The fraction of sp³-hybridized carbons (Fsp3) is 0.500. The van der Waals surface area contributed by atoms with Crippen molar-refractivity contribution in [2.75, 3.05) is 6.61 Å². The highest BCUT2D eigenvalue weighted by Crippen LogP contribution is 2.08. The lowest BCUT2D eigenvalue weighted by molar-refractivity contribution is 0.0524. The quantitative estimate of drug-likeness (QED) is 0.628. The molecule has 0 saturated carbocycles. The minimum atomic E-state index is -0.630. The highest BCUT2D eigenvalue weighted by molar-refractivity contribution is 5.92. The number of carbonyl (C=O) groups excluding carboxylic acids is 1. The van der Waals surface area contributed by atoms with Gasteiger partial charge in [0.2, 0.25) is 5.43 Å². The second kappa shape index (κ2) is 7.68. The Bertz CT molecular complexity index is 709. The van der Waals surface area contributed by atoms with E-state index in [1.165, 1.54) is 25.2 Å². The molecule has 6 heteroatoms. The highest BCUT2D eigenvalue weighted by Gasteiger charge is 2.15. The molecule has 118 valence electrons. The van der Waals surface area contributed by atoms with Crippen molar-refractivity contribution < 1.29 is 9.53 Å². The summed E-state index contributed by atoms with van der Waals surface area (Å²) in [6, 6.07) is 0. The summed E-state index contributed by atoms with van der Waals surface area (Å²) in [7, 11) is 0. The second-order valence-corrected chi connectivity index (χ2v) is 5.11. The third-order valence-corrected chi connectivity index (χ3v) is 3.43. The Morgan fingerprint density at radius 3 is 2.82 bits per heavy atom. The van der Waals surface area contributed by atoms with Gasteiger partial charge in [-0.3, -0.25) is 4.79 Å². The van der Waals surface area contributed by atoms with Crippen molar-refractivity contribution >= 4 is 17.0 Å². The normalized spacial score (nSPS) is 10.8. The largest absolute Gasteiger partial charge is 0.462 e. The van der Waals surface area contributed by atoms with E-state index < -0.39 is 11.4 Å². The smallest absolute Gasteiger partial charge is 0.343 e. The SMILES string of the molecule is CCCCCCc1ncc2c(=O)c(C(=O)OCC)c[nH]c2n1. The molecular formula is C16H21N3O3. The van der Waals surface area contributed by atoms with Crippen LogP contribution in [0.2, 0.25) is 0 Å². The molecule has 0 unspecified atom stereocenters. The van der Waals surface area contributed by atoms with Gasteiger partial charge < -0.3 is 9.72 Å². The number of aromatic amines is 1. The van der Waals surface area contributed by atoms with Crippen molar-refractivity contribution in [3.05, 3.63) is 34.0 Å². The number of pyridine rings is 1. The molecule has 22 heavy (non-hydrogen) atoms. The molecule has 1 N–H and O–H groups in total. The van der Waals surface area contributed by atoms with E-state index in [4.69, 9.17) is 4.74 Å². The Balaban J connectivity index is 2.23. The molecule has 0 saturated heterocycles. The van der Waals surface area contributed by atoms with Crippen LogP contribution in [-0.2, 0) is 11.2 Å². The van der Waals surface area contributed by atoms with Crippen LogP contribution in [0.5, 0.6) is 0 Å². The van der Waals surface area contributed by atoms with Gasteiger partial charge in [0, 0.05) is 18.8 Å². The van der Waals surface area contributed by atoms with Gasteiger partial charge in [0.15, 0.2) is 0 Å². The van der Waals surface area contributed by atoms with E-state index >= 15 is 0 Å². The molecule has 0 radical (unpaired) electrons. The van der Waals surface area contributed by atoms with Gasteiger partial charge in [-0.15, -0.1) is 0 Å². The van der Waals surface area contributed by atoms with E-state index in [2.05, 4.69) is 21.9 Å². The number of esters is 1. The number of rotatable bonds is 7. The molecule has 0 aliphatic carbocycles. The van der Waals surface area contributed by atoms with Crippen LogP contribution in [-0.4, -0.2) is 27.5 Å². The number of aromatic nitrogens is 3. The third kappa shape index (κ3) is 3.69. The molecular weight excluding hydrogens is 282 g/mol. The number of carbonyl (C=O) groups is 1. The standard InChI is InChI=1S/C16H21N3O3/c1-3-5-6-7-8-13-17-9-11-14(20)12(16(21)22-4-2)10-18-15(11)19-13/h9-10H,3-8H2,1-2H3,(H,17,18,19,20). The maximum absolute atomic E-state index is 12.3. The predicted molar refractivity (Wildman–Crippen MR) is 84.0 cm³/mol. The lowest BCUT2D eigenvalue weighted by Gasteiger charge is -2.04. The molecule has 0 bridgehead atoms. The molecule has 2 aromatic heterocycles. The lowest BCUT2D eigenvalue weighted by Crippen LogP contribution is -2.19. The molecule has 2 heterocycles. The minimum absolute atomic E-state index is 0.0198. The van der Waals surface area contributed by atoms with Gasteiger partial charge in [-0.05, 0) is 13.3 Å². The average Bonchev–Trinajstić information content (AvgIpc) is 2.52. The summed E-state index contributed by atoms with van der Waals surface area (Å²) < 4.78 is 4.86. The number of aryl methyl sites for hydroxylation is 1. The molecule has 0 atom stereocenters. The summed E-state index contributed by atoms with van der Waals surface area (Å²) in [4.78, 5) is 35.4. The summed E-state index contributed by atoms with van der Waals surface area (Å²) in [5.74, 6) is 0.0810. The van der Waals surface area contributed by atoms with Crippen LogP contribution in [0.4, 0.5) is 0 Å². The van der Waals surface area contributed by atoms with Crippen molar-refractivity contribution in [1.29, 1.82) is 0 Å². The minimum Gasteiger partial charge on any atom is -0.462 e. The van der Waals surface area contributed by atoms with Crippen LogP contribution in [0.3, 0.4) is 0 Å². The predicted octanol–water partition coefficient (Wildman–Crippen LogP) is 2.62. The summed E-state index contributed by atoms with van der Waals surface area (Å²) >= 11 is 0. The van der Waals surface area contributed by atoms with Gasteiger partial charge >= 0.3 is 5.97 Å². The first-order valence-corrected chi connectivity index (χ1v) is 7.71. The van der Waals surface area contributed by atoms with E-state index in [1.807, 2.05) is 0 Å². The lowest BCUT2D eigenvalue weighted by atomic mass is 10.1. The van der Waals surface area contributed by atoms with E-state index in [0.717, 1.165) is 19.3 Å². The number of hydrogen-bond donors (Lipinski definition) is 1. The van der Waals surface area contributed by atoms with Crippen molar-refractivity contribution in [2.24, 2.45) is 0 Å². The molecule has 2 rings (SSSR count). The molecule has 0 amide bonds. The van der Waals surface area contributed by atoms with Crippen LogP contribution in [0.15, 0.2) is 17.2 Å². The molecule has 0 fully saturated rings. The van der Waals surface area contributed by atoms with Crippen LogP contribution in [0.1, 0.15) is 55.7 Å². The van der Waals surface area contributed by atoms with E-state index in [0.29, 0.717) is 16.9 Å². The molecule has 0 aliphatic rings. The third-order valence-electron chi connectivity index (χ3n) is 3.43. The monoisotopic (exact) mass is 303 g/mol. The maximum Gasteiger partial charge on any atom is 0.343 e. The number of fused-ring (bicyclic) bond motifs is 1. The number of ether oxygens (including phenoxy) is 1. The van der Waals surface area contributed by atoms with Gasteiger partial charge in [0.05, 0.1) is 12.0 Å². The van der Waals surface area contributed by atoms with Crippen LogP contribution in [0, 0.1) is 0 Å². The fourth-order valence-electron chi connectivity index (χ4n) is 2.24. The zero-order valence-electron chi connectivity index (χ0n) is 13.0. The van der Waals surface area contributed by atoms with Crippen molar-refractivity contribution in [3.63, 3.8) is 0 Å². The zero-order valence-corrected chi connectivity index (χ0v) is 13.0. The van der Waals surface area contributed by atoms with Crippen LogP contribution >= 0.6 is 0 Å². The topological polar surface area (TPSA) is 84.9 Å². The number of nitrogens with one attached hydrogen (secondary N) is 1. The Labute approximate surface area is 128 Å². The van der Waals surface area contributed by atoms with Crippen LogP contribution in [0.25, 0.3) is 11.0 Å². The molecule has 2 aromatic rings. The van der Waals surface area contributed by atoms with Gasteiger partial charge in [-0.2, -0.15) is 0 Å². The highest BCUT2D eigenvalue weighted by atomic mass is 16.5. The van der Waals surface area contributed by atoms with Crippen molar-refractivity contribution in [2.45, 2.75) is 46.0 Å². The van der Waals surface area contributed by atoms with Gasteiger partial charge in [-0.25, -0.2) is 14.8 Å². The van der Waals surface area contributed by atoms with Crippen molar-refractivity contribution in [3.8, 4) is 0 Å². The number of unbranched alkanes of at least 4 members (excludes halogenated alkanes) is 3. The maximum atomic E-state index is 12.3. The Hall–Kier alpha value is -2.24. The van der Waals surface area contributed by atoms with E-state index in [1.54, 1.807) is 6.92 Å². The first-order chi connectivity index (χ1) is 10.7. The summed E-state index contributed by atoms with van der Waals surface area (Å²) in [5.41, 5.74) is 0.0388. The summed E-state index contributed by atoms with van der Waals surface area (Å²) in [5, 5.41) is 0.308. The summed E-state index contributed by atoms with van der Waals surface area (Å²) in [6.07, 6.45) is 8.20. The first kappa shape index (κ1) is 16.1. The van der Waals surface area contributed by atoms with Crippen LogP contribution < -0.4 is 5.43 Å². The molecule has 6 nitrogen and oxygen atoms in total. The second-order valence-electron chi connectivity index (χ2n) is 5.11. The first-order valence-electron chi connectivity index (χ1n) is 7.71. The van der Waals surface area contributed by atoms with E-state index in [9.17, 15) is 9.59 Å². The van der Waals surface area contributed by atoms with Crippen molar-refractivity contribution in [1.82, 2.24) is 15.0 Å². The summed E-state index contributed by atoms with van der Waals surface area (Å²) in [6.45, 7) is 4.09. The van der Waals surface area contributed by atoms with Gasteiger partial charge in [-0.1, -0.05) is 26.2 Å². The zero-order chi connectivity index (χ0) is 15.9. The Morgan fingerprint density at radius 2 is 2.09 bits per heavy atom. The Morgan fingerprint density at radius 1 is 1.27 bits per heavy atom. The number of nitrogens with zero attached hydrogens (tertiary/aromatic N) is 2. The van der Waals surface area contributed by atoms with E-state index in [-0.39, 0.29) is 12.2 Å². The molecule has 0 aromatic carbocycles. The molecule has 0 aliphatic heterocycles. The fourth-order valence-corrected chi connectivity index (χ4v) is 2.24. The van der Waals surface area contributed by atoms with Gasteiger partial charge in [0.25, 0.3) is 0 Å². The van der Waals surface area contributed by atoms with Gasteiger partial charge in [0.1, 0.15) is 17.0 Å². The molecule has 0 spiro atoms. The average molecular weight is 303 g/mol. The number of hydrogen-bond acceptors (Lipinski definition) is 5. The Kier molecular flexibility index (Phi) is 5.63. The number of H-pyrrole nitrogens is 1.